The van der Waals surface area contributed by atoms with Crippen molar-refractivity contribution in [2.75, 3.05) is 19.7 Å². The molecule has 220 valence electrons. The number of carbonyl (C=O) groups is 2. The van der Waals surface area contributed by atoms with Crippen LogP contribution in [0, 0.1) is 10.8 Å². The van der Waals surface area contributed by atoms with Crippen LogP contribution in [-0.4, -0.2) is 88.4 Å². The number of amides is 1. The van der Waals surface area contributed by atoms with Crippen molar-refractivity contribution in [1.82, 2.24) is 26.2 Å². The lowest BCUT2D eigenvalue weighted by Crippen LogP contribution is -2.81. The lowest BCUT2D eigenvalue weighted by atomic mass is 9.85. The topological polar surface area (TPSA) is 192 Å². The molecule has 0 radical (unpaired) electrons. The van der Waals surface area contributed by atoms with E-state index in [2.05, 4.69) is 28.2 Å². The summed E-state index contributed by atoms with van der Waals surface area (Å²) in [6.45, 7) is 1.77. The van der Waals surface area contributed by atoms with E-state index in [1.165, 1.54) is 4.90 Å². The highest BCUT2D eigenvalue weighted by Crippen LogP contribution is 2.44. The zero-order chi connectivity index (χ0) is 29.3. The summed E-state index contributed by atoms with van der Waals surface area (Å²) in [6.07, 6.45) is -3.16. The molecule has 0 aromatic heterocycles. The SMILES string of the molecule is CCCCCCNC(=O)OC[C@@H]1NC(=N)N2C[C@H](OC(=O)c3ccc(C(F)(F)F)cc3)C(O)(O)[C@@]23NC(=N)NC13. The normalized spacial score (nSPS) is 26.6. The molecule has 16 heteroatoms. The van der Waals surface area contributed by atoms with Crippen molar-refractivity contribution in [3.63, 3.8) is 0 Å². The van der Waals surface area contributed by atoms with Crippen molar-refractivity contribution in [3.05, 3.63) is 35.4 Å². The minimum absolute atomic E-state index is 0.256. The fraction of sp³-hybridized carbons (Fsp3) is 0.583. The Labute approximate surface area is 227 Å². The van der Waals surface area contributed by atoms with Gasteiger partial charge in [0.05, 0.1) is 23.7 Å². The average Bonchev–Trinajstić information content (AvgIpc) is 3.36. The van der Waals surface area contributed by atoms with Gasteiger partial charge in [0.1, 0.15) is 12.6 Å². The van der Waals surface area contributed by atoms with E-state index in [1.807, 2.05) is 0 Å². The maximum absolute atomic E-state index is 12.9. The number of halogens is 3. The first kappa shape index (κ1) is 29.2. The third-order valence-electron chi connectivity index (χ3n) is 7.23. The number of guanidine groups is 2. The zero-order valence-electron chi connectivity index (χ0n) is 21.6. The van der Waals surface area contributed by atoms with Crippen LogP contribution >= 0.6 is 0 Å². The van der Waals surface area contributed by atoms with Crippen LogP contribution in [0.3, 0.4) is 0 Å². The molecule has 4 rings (SSSR count). The van der Waals surface area contributed by atoms with Gasteiger partial charge in [-0.2, -0.15) is 13.2 Å². The summed E-state index contributed by atoms with van der Waals surface area (Å²) in [7, 11) is 0. The summed E-state index contributed by atoms with van der Waals surface area (Å²) >= 11 is 0. The van der Waals surface area contributed by atoms with Crippen LogP contribution in [0.2, 0.25) is 0 Å². The number of benzene rings is 1. The van der Waals surface area contributed by atoms with Gasteiger partial charge in [0.2, 0.25) is 5.79 Å². The lowest BCUT2D eigenvalue weighted by molar-refractivity contribution is -0.258. The van der Waals surface area contributed by atoms with Gasteiger partial charge in [-0.1, -0.05) is 26.2 Å². The smallest absolute Gasteiger partial charge is 0.416 e. The van der Waals surface area contributed by atoms with Gasteiger partial charge in [-0.25, -0.2) is 9.59 Å². The van der Waals surface area contributed by atoms with Crippen LogP contribution in [0.25, 0.3) is 0 Å². The van der Waals surface area contributed by atoms with Crippen LogP contribution in [0.1, 0.15) is 48.5 Å². The number of esters is 1. The molecule has 3 heterocycles. The Kier molecular flexibility index (Phi) is 8.03. The van der Waals surface area contributed by atoms with E-state index in [4.69, 9.17) is 20.3 Å². The maximum Gasteiger partial charge on any atom is 0.416 e. The number of unbranched alkanes of at least 4 members (excludes halogenated alkanes) is 3. The van der Waals surface area contributed by atoms with E-state index in [9.17, 15) is 33.0 Å². The molecule has 1 aromatic rings. The minimum atomic E-state index is -4.61. The summed E-state index contributed by atoms with van der Waals surface area (Å²) in [6, 6.07) is 1.24. The van der Waals surface area contributed by atoms with Crippen LogP contribution < -0.4 is 21.3 Å². The van der Waals surface area contributed by atoms with Crippen molar-refractivity contribution in [3.8, 4) is 0 Å². The number of alkyl halides is 3. The van der Waals surface area contributed by atoms with Gasteiger partial charge in [-0.15, -0.1) is 0 Å². The van der Waals surface area contributed by atoms with E-state index in [0.29, 0.717) is 18.7 Å². The quantitative estimate of drug-likeness (QED) is 0.118. The van der Waals surface area contributed by atoms with Crippen LogP contribution in [0.4, 0.5) is 18.0 Å². The second-order valence-electron chi connectivity index (χ2n) is 9.88. The number of ether oxygens (including phenoxy) is 2. The molecule has 13 nitrogen and oxygen atoms in total. The van der Waals surface area contributed by atoms with E-state index < -0.39 is 60.0 Å². The van der Waals surface area contributed by atoms with E-state index in [0.717, 1.165) is 37.8 Å². The van der Waals surface area contributed by atoms with Gasteiger partial charge in [0.15, 0.2) is 23.7 Å². The fourth-order valence-corrected chi connectivity index (χ4v) is 5.21. The second kappa shape index (κ2) is 11.0. The van der Waals surface area contributed by atoms with Crippen molar-refractivity contribution in [1.29, 1.82) is 10.8 Å². The van der Waals surface area contributed by atoms with E-state index in [-0.39, 0.29) is 24.1 Å². The molecule has 1 unspecified atom stereocenters. The molecule has 3 aliphatic rings. The van der Waals surface area contributed by atoms with Gasteiger partial charge in [0.25, 0.3) is 0 Å². The third kappa shape index (κ3) is 5.32. The molecule has 0 bridgehead atoms. The summed E-state index contributed by atoms with van der Waals surface area (Å²) < 4.78 is 49.2. The Hall–Kier alpha value is -3.79. The molecule has 1 aromatic carbocycles. The Balaban J connectivity index is 1.47. The molecule has 3 fully saturated rings. The van der Waals surface area contributed by atoms with E-state index >= 15 is 0 Å². The summed E-state index contributed by atoms with van der Waals surface area (Å²) in [4.78, 5) is 26.1. The number of aliphatic hydroxyl groups is 2. The third-order valence-corrected chi connectivity index (χ3v) is 7.23. The molecular weight excluding hydrogens is 539 g/mol. The summed E-state index contributed by atoms with van der Waals surface area (Å²) in [5, 5.41) is 50.0. The molecule has 0 aliphatic carbocycles. The van der Waals surface area contributed by atoms with Crippen molar-refractivity contribution < 1.29 is 42.4 Å². The number of nitrogens with one attached hydrogen (secondary N) is 6. The van der Waals surface area contributed by atoms with Crippen LogP contribution in [0.5, 0.6) is 0 Å². The number of alkyl carbamates (subject to hydrolysis) is 1. The van der Waals surface area contributed by atoms with Gasteiger partial charge >= 0.3 is 18.2 Å². The summed E-state index contributed by atoms with van der Waals surface area (Å²) in [5.41, 5.74) is -3.21. The molecule has 8 N–H and O–H groups in total. The standard InChI is InChI=1S/C24H32F3N7O6/c1-2-3-4-5-10-30-21(36)39-12-15-17-22(33-19(28)32-17)23(37,38)16(11-34(22)20(29)31-15)40-18(35)13-6-8-14(9-7-13)24(25,26)27/h6-9,15-17,37-38H,2-5,10-12H2,1H3,(H2,29,31)(H,30,36)(H3,28,32,33)/t15-,16-,17?,22-/m0/s1. The Morgan fingerprint density at radius 2 is 1.85 bits per heavy atom. The van der Waals surface area contributed by atoms with Crippen LogP contribution in [-0.2, 0) is 15.7 Å². The van der Waals surface area contributed by atoms with E-state index in [1.54, 1.807) is 0 Å². The van der Waals surface area contributed by atoms with Crippen molar-refractivity contribution in [2.24, 2.45) is 0 Å². The van der Waals surface area contributed by atoms with Crippen molar-refractivity contribution in [2.45, 2.75) is 68.4 Å². The summed E-state index contributed by atoms with van der Waals surface area (Å²) in [5.74, 6) is -4.66. The number of hydrogen-bond donors (Lipinski definition) is 8. The Morgan fingerprint density at radius 3 is 2.50 bits per heavy atom. The number of nitrogens with zero attached hydrogens (tertiary/aromatic N) is 1. The Morgan fingerprint density at radius 1 is 1.15 bits per heavy atom. The molecular formula is C24H32F3N7O6. The molecule has 3 saturated heterocycles. The first-order valence-electron chi connectivity index (χ1n) is 12.8. The van der Waals surface area contributed by atoms with Gasteiger partial charge in [0, 0.05) is 6.54 Å². The van der Waals surface area contributed by atoms with Crippen molar-refractivity contribution >= 4 is 24.0 Å². The minimum Gasteiger partial charge on any atom is -0.451 e. The average molecular weight is 572 g/mol. The second-order valence-corrected chi connectivity index (χ2v) is 9.88. The molecule has 0 saturated carbocycles. The molecule has 3 aliphatic heterocycles. The maximum atomic E-state index is 12.9. The first-order chi connectivity index (χ1) is 18.8. The number of carbonyl (C=O) groups excluding carboxylic acids is 2. The molecule has 40 heavy (non-hydrogen) atoms. The number of hydrogen-bond acceptors (Lipinski definition) is 8. The zero-order valence-corrected chi connectivity index (χ0v) is 21.6. The first-order valence-corrected chi connectivity index (χ1v) is 12.8. The monoisotopic (exact) mass is 571 g/mol. The molecule has 1 spiro atoms. The molecule has 1 amide bonds. The Bertz CT molecular complexity index is 1150. The van der Waals surface area contributed by atoms with Crippen LogP contribution in [0.15, 0.2) is 24.3 Å². The number of rotatable bonds is 9. The highest BCUT2D eigenvalue weighted by Gasteiger charge is 2.75. The van der Waals surface area contributed by atoms with Gasteiger partial charge in [-0.3, -0.25) is 10.8 Å². The van der Waals surface area contributed by atoms with Gasteiger partial charge < -0.3 is 45.9 Å². The lowest BCUT2D eigenvalue weighted by Gasteiger charge is -2.50. The predicted octanol–water partition coefficient (Wildman–Crippen LogP) is 0.633. The fourth-order valence-electron chi connectivity index (χ4n) is 5.21. The highest BCUT2D eigenvalue weighted by atomic mass is 19.4. The largest absolute Gasteiger partial charge is 0.451 e. The highest BCUT2D eigenvalue weighted by molar-refractivity contribution is 5.90. The molecule has 4 atom stereocenters. The predicted molar refractivity (Wildman–Crippen MR) is 133 cm³/mol. The van der Waals surface area contributed by atoms with Gasteiger partial charge in [-0.05, 0) is 30.7 Å².